The maximum absolute atomic E-state index is 12.3. The van der Waals surface area contributed by atoms with Crippen LogP contribution in [0.15, 0.2) is 36.4 Å². The Kier molecular flexibility index (Phi) is 9.12. The maximum Gasteiger partial charge on any atom is 0.325 e. The number of nitrogens with one attached hydrogen (secondary N) is 1. The normalized spacial score (nSPS) is 18.9. The molecule has 2 N–H and O–H groups in total. The molecule has 1 aromatic heterocycles. The van der Waals surface area contributed by atoms with Gasteiger partial charge in [-0.15, -0.1) is 0 Å². The fourth-order valence-electron chi connectivity index (χ4n) is 4.97. The number of aromatic nitrogens is 1. The minimum Gasteiger partial charge on any atom is -0.480 e. The summed E-state index contributed by atoms with van der Waals surface area (Å²) in [6, 6.07) is 11.4. The molecule has 0 spiro atoms. The van der Waals surface area contributed by atoms with E-state index >= 15 is 0 Å². The SMILES string of the molecule is CC(C)OCc1ccccc1C(C(=O)O)N1CCC(OCCCCc2ccc3c(n2)NCCC3)C1. The summed E-state index contributed by atoms with van der Waals surface area (Å²) in [5, 5.41) is 13.5. The van der Waals surface area contributed by atoms with Gasteiger partial charge < -0.3 is 19.9 Å². The molecule has 2 aliphatic heterocycles. The Morgan fingerprint density at radius 2 is 2.09 bits per heavy atom. The van der Waals surface area contributed by atoms with E-state index in [1.807, 2.05) is 43.0 Å². The van der Waals surface area contributed by atoms with Gasteiger partial charge in [-0.25, -0.2) is 4.98 Å². The van der Waals surface area contributed by atoms with Gasteiger partial charge in [0, 0.05) is 31.9 Å². The van der Waals surface area contributed by atoms with E-state index in [1.54, 1.807) is 0 Å². The van der Waals surface area contributed by atoms with Gasteiger partial charge in [0.25, 0.3) is 0 Å². The van der Waals surface area contributed by atoms with Gasteiger partial charge in [0.15, 0.2) is 0 Å². The number of aryl methyl sites for hydroxylation is 2. The largest absolute Gasteiger partial charge is 0.480 e. The zero-order valence-corrected chi connectivity index (χ0v) is 21.0. The number of fused-ring (bicyclic) bond motifs is 1. The zero-order chi connectivity index (χ0) is 24.6. The van der Waals surface area contributed by atoms with Gasteiger partial charge in [0.1, 0.15) is 11.9 Å². The summed E-state index contributed by atoms with van der Waals surface area (Å²) >= 11 is 0. The van der Waals surface area contributed by atoms with Gasteiger partial charge in [-0.3, -0.25) is 9.69 Å². The van der Waals surface area contributed by atoms with Crippen molar-refractivity contribution >= 4 is 11.8 Å². The number of unbranched alkanes of at least 4 members (excludes halogenated alkanes) is 1. The lowest BCUT2D eigenvalue weighted by atomic mass is 9.99. The zero-order valence-electron chi connectivity index (χ0n) is 21.0. The highest BCUT2D eigenvalue weighted by Gasteiger charge is 2.35. The molecule has 0 saturated carbocycles. The number of likely N-dealkylation sites (tertiary alicyclic amines) is 1. The quantitative estimate of drug-likeness (QED) is 0.429. The molecule has 0 radical (unpaired) electrons. The topological polar surface area (TPSA) is 83.9 Å². The number of pyridine rings is 1. The summed E-state index contributed by atoms with van der Waals surface area (Å²) in [5.41, 5.74) is 4.20. The van der Waals surface area contributed by atoms with Crippen LogP contribution in [-0.2, 0) is 33.7 Å². The molecule has 1 aromatic carbocycles. The Balaban J connectivity index is 1.24. The molecule has 0 amide bonds. The first-order valence-electron chi connectivity index (χ1n) is 13.0. The monoisotopic (exact) mass is 481 g/mol. The van der Waals surface area contributed by atoms with Crippen LogP contribution in [0, 0.1) is 0 Å². The summed E-state index contributed by atoms with van der Waals surface area (Å²) in [5.74, 6) is 0.232. The highest BCUT2D eigenvalue weighted by molar-refractivity contribution is 5.76. The Labute approximate surface area is 208 Å². The third-order valence-corrected chi connectivity index (χ3v) is 6.83. The molecule has 3 heterocycles. The molecule has 7 heteroatoms. The Morgan fingerprint density at radius 3 is 2.91 bits per heavy atom. The Bertz CT molecular complexity index is 980. The first-order valence-corrected chi connectivity index (χ1v) is 13.0. The van der Waals surface area contributed by atoms with E-state index in [-0.39, 0.29) is 12.2 Å². The van der Waals surface area contributed by atoms with Gasteiger partial charge in [-0.05, 0) is 75.1 Å². The molecule has 7 nitrogen and oxygen atoms in total. The van der Waals surface area contributed by atoms with E-state index in [1.165, 1.54) is 12.0 Å². The Hall–Kier alpha value is -2.48. The molecule has 2 aliphatic rings. The van der Waals surface area contributed by atoms with Crippen molar-refractivity contribution in [2.75, 3.05) is 31.6 Å². The molecule has 4 rings (SSSR count). The summed E-state index contributed by atoms with van der Waals surface area (Å²) in [4.78, 5) is 19.1. The van der Waals surface area contributed by atoms with Gasteiger partial charge in [0.2, 0.25) is 0 Å². The number of ether oxygens (including phenoxy) is 2. The predicted molar refractivity (Wildman–Crippen MR) is 137 cm³/mol. The number of carboxylic acid groups (broad SMARTS) is 1. The number of carbonyl (C=O) groups is 1. The molecule has 0 aliphatic carbocycles. The second-order valence-electron chi connectivity index (χ2n) is 9.87. The van der Waals surface area contributed by atoms with Crippen LogP contribution >= 0.6 is 0 Å². The van der Waals surface area contributed by atoms with Crippen LogP contribution in [-0.4, -0.2) is 59.4 Å². The molecule has 0 bridgehead atoms. The molecule has 1 saturated heterocycles. The van der Waals surface area contributed by atoms with E-state index in [4.69, 9.17) is 14.5 Å². The molecule has 35 heavy (non-hydrogen) atoms. The van der Waals surface area contributed by atoms with Crippen molar-refractivity contribution in [3.05, 3.63) is 58.8 Å². The number of benzene rings is 1. The lowest BCUT2D eigenvalue weighted by Gasteiger charge is -2.26. The third kappa shape index (κ3) is 7.03. The molecule has 2 unspecified atom stereocenters. The number of anilines is 1. The predicted octanol–water partition coefficient (Wildman–Crippen LogP) is 4.60. The lowest BCUT2D eigenvalue weighted by Crippen LogP contribution is -2.34. The van der Waals surface area contributed by atoms with E-state index in [0.717, 1.165) is 61.3 Å². The third-order valence-electron chi connectivity index (χ3n) is 6.83. The van der Waals surface area contributed by atoms with Crippen LogP contribution in [0.4, 0.5) is 5.82 Å². The average Bonchev–Trinajstić information content (AvgIpc) is 3.31. The van der Waals surface area contributed by atoms with Crippen molar-refractivity contribution in [1.82, 2.24) is 9.88 Å². The van der Waals surface area contributed by atoms with Gasteiger partial charge in [0.05, 0.1) is 18.8 Å². The number of hydrogen-bond acceptors (Lipinski definition) is 6. The van der Waals surface area contributed by atoms with Crippen LogP contribution in [0.1, 0.15) is 68.0 Å². The van der Waals surface area contributed by atoms with E-state index in [2.05, 4.69) is 17.4 Å². The van der Waals surface area contributed by atoms with Crippen LogP contribution < -0.4 is 5.32 Å². The highest BCUT2D eigenvalue weighted by Crippen LogP contribution is 2.30. The number of carboxylic acids is 1. The van der Waals surface area contributed by atoms with Crippen molar-refractivity contribution < 1.29 is 19.4 Å². The maximum atomic E-state index is 12.3. The fourth-order valence-corrected chi connectivity index (χ4v) is 4.97. The first-order chi connectivity index (χ1) is 17.0. The van der Waals surface area contributed by atoms with Gasteiger partial charge >= 0.3 is 5.97 Å². The standard InChI is InChI=1S/C28H39N3O4/c1-20(2)35-19-22-8-3-4-11-25(22)26(28(32)33)31-16-14-24(18-31)34-17-6-5-10-23-13-12-21-9-7-15-29-27(21)30-23/h3-4,8,11-13,20,24,26H,5-7,9-10,14-19H2,1-2H3,(H,29,30)(H,32,33). The van der Waals surface area contributed by atoms with Crippen molar-refractivity contribution in [2.45, 2.75) is 77.2 Å². The average molecular weight is 482 g/mol. The lowest BCUT2D eigenvalue weighted by molar-refractivity contribution is -0.143. The number of rotatable bonds is 12. The van der Waals surface area contributed by atoms with Crippen LogP contribution in [0.25, 0.3) is 0 Å². The van der Waals surface area contributed by atoms with Crippen LogP contribution in [0.2, 0.25) is 0 Å². The molecular weight excluding hydrogens is 442 g/mol. The van der Waals surface area contributed by atoms with E-state index in [0.29, 0.717) is 26.3 Å². The second-order valence-corrected chi connectivity index (χ2v) is 9.87. The van der Waals surface area contributed by atoms with E-state index < -0.39 is 12.0 Å². The molecule has 1 fully saturated rings. The number of aliphatic carboxylic acids is 1. The van der Waals surface area contributed by atoms with Crippen LogP contribution in [0.5, 0.6) is 0 Å². The molecular formula is C28H39N3O4. The van der Waals surface area contributed by atoms with Crippen molar-refractivity contribution in [3.8, 4) is 0 Å². The Morgan fingerprint density at radius 1 is 1.23 bits per heavy atom. The summed E-state index contributed by atoms with van der Waals surface area (Å²) in [7, 11) is 0. The highest BCUT2D eigenvalue weighted by atomic mass is 16.5. The summed E-state index contributed by atoms with van der Waals surface area (Å²) in [6.07, 6.45) is 6.26. The number of nitrogens with zero attached hydrogens (tertiary/aromatic N) is 2. The first kappa shape index (κ1) is 25.6. The number of hydrogen-bond donors (Lipinski definition) is 2. The molecule has 2 atom stereocenters. The van der Waals surface area contributed by atoms with Gasteiger partial charge in [-0.1, -0.05) is 30.3 Å². The van der Waals surface area contributed by atoms with Crippen LogP contribution in [0.3, 0.4) is 0 Å². The minimum absolute atomic E-state index is 0.0713. The summed E-state index contributed by atoms with van der Waals surface area (Å²) < 4.78 is 11.9. The van der Waals surface area contributed by atoms with E-state index in [9.17, 15) is 9.90 Å². The fraction of sp³-hybridized carbons (Fsp3) is 0.571. The molecule has 190 valence electrons. The smallest absolute Gasteiger partial charge is 0.325 e. The summed E-state index contributed by atoms with van der Waals surface area (Å²) in [6.45, 7) is 7.44. The van der Waals surface area contributed by atoms with Gasteiger partial charge in [-0.2, -0.15) is 0 Å². The van der Waals surface area contributed by atoms with Crippen molar-refractivity contribution in [1.29, 1.82) is 0 Å². The van der Waals surface area contributed by atoms with Crippen molar-refractivity contribution in [2.24, 2.45) is 0 Å². The molecule has 2 aromatic rings. The second kappa shape index (κ2) is 12.5. The van der Waals surface area contributed by atoms with Crippen molar-refractivity contribution in [3.63, 3.8) is 0 Å². The minimum atomic E-state index is -0.824.